The lowest BCUT2D eigenvalue weighted by Gasteiger charge is -2.13. The summed E-state index contributed by atoms with van der Waals surface area (Å²) in [6.45, 7) is 7.45. The van der Waals surface area contributed by atoms with Crippen molar-refractivity contribution in [1.82, 2.24) is 0 Å². The summed E-state index contributed by atoms with van der Waals surface area (Å²) >= 11 is 0. The molecule has 2 amide bonds. The van der Waals surface area contributed by atoms with E-state index in [-0.39, 0.29) is 11.8 Å². The molecule has 0 fully saturated rings. The van der Waals surface area contributed by atoms with E-state index < -0.39 is 0 Å². The third-order valence-electron chi connectivity index (χ3n) is 4.98. The van der Waals surface area contributed by atoms with Crippen LogP contribution >= 0.6 is 0 Å². The maximum Gasteiger partial charge on any atom is 0.257 e. The molecule has 0 atom stereocenters. The lowest BCUT2D eigenvalue weighted by molar-refractivity contribution is 0.102. The molecule has 3 aromatic carbocycles. The number of amides is 2. The second kappa shape index (κ2) is 11.1. The number of hydrogen-bond acceptors (Lipinski definition) is 4. The van der Waals surface area contributed by atoms with Gasteiger partial charge in [0, 0.05) is 17.9 Å². The molecule has 166 valence electrons. The lowest BCUT2D eigenvalue weighted by atomic mass is 10.1. The average Bonchev–Trinajstić information content (AvgIpc) is 2.79. The molecule has 0 saturated heterocycles. The first-order valence-corrected chi connectivity index (χ1v) is 10.6. The van der Waals surface area contributed by atoms with Crippen LogP contribution in [0, 0.1) is 13.8 Å². The minimum absolute atomic E-state index is 0.294. The van der Waals surface area contributed by atoms with Gasteiger partial charge in [-0.05, 0) is 74.4 Å². The van der Waals surface area contributed by atoms with Crippen molar-refractivity contribution in [1.29, 1.82) is 0 Å². The number of ether oxygens (including phenoxy) is 2. The van der Waals surface area contributed by atoms with Gasteiger partial charge in [0.2, 0.25) is 0 Å². The lowest BCUT2D eigenvalue weighted by Crippen LogP contribution is -2.18. The van der Waals surface area contributed by atoms with Gasteiger partial charge >= 0.3 is 0 Å². The van der Waals surface area contributed by atoms with Crippen molar-refractivity contribution in [3.63, 3.8) is 0 Å². The van der Waals surface area contributed by atoms with Crippen molar-refractivity contribution in [2.45, 2.75) is 20.8 Å². The maximum absolute atomic E-state index is 12.9. The SMILES string of the molecule is CCOCCOc1cccc(C(=O)Nc2ccccc2C(=O)Nc2ccc(C)c(C)c2)c1. The third-order valence-corrected chi connectivity index (χ3v) is 4.98. The van der Waals surface area contributed by atoms with E-state index in [1.54, 1.807) is 48.5 Å². The van der Waals surface area contributed by atoms with Crippen molar-refractivity contribution in [2.75, 3.05) is 30.5 Å². The molecule has 32 heavy (non-hydrogen) atoms. The first-order valence-electron chi connectivity index (χ1n) is 10.6. The minimum Gasteiger partial charge on any atom is -0.491 e. The zero-order valence-corrected chi connectivity index (χ0v) is 18.6. The first kappa shape index (κ1) is 23.0. The Hall–Kier alpha value is -3.64. The molecule has 0 heterocycles. The summed E-state index contributed by atoms with van der Waals surface area (Å²) < 4.78 is 10.9. The molecular formula is C26H28N2O4. The number of carbonyl (C=O) groups is 2. The number of rotatable bonds is 9. The Labute approximate surface area is 188 Å². The van der Waals surface area contributed by atoms with Crippen molar-refractivity contribution in [2.24, 2.45) is 0 Å². The summed E-state index contributed by atoms with van der Waals surface area (Å²) in [5.41, 5.74) is 4.19. The highest BCUT2D eigenvalue weighted by molar-refractivity contribution is 6.12. The number of benzene rings is 3. The molecule has 0 aliphatic rings. The van der Waals surface area contributed by atoms with E-state index >= 15 is 0 Å². The third kappa shape index (κ3) is 6.18. The smallest absolute Gasteiger partial charge is 0.257 e. The second-order valence-electron chi connectivity index (χ2n) is 7.33. The van der Waals surface area contributed by atoms with Gasteiger partial charge in [-0.25, -0.2) is 0 Å². The highest BCUT2D eigenvalue weighted by atomic mass is 16.5. The van der Waals surface area contributed by atoms with Crippen molar-refractivity contribution in [3.8, 4) is 5.75 Å². The van der Waals surface area contributed by atoms with Gasteiger partial charge < -0.3 is 20.1 Å². The van der Waals surface area contributed by atoms with E-state index in [0.29, 0.717) is 48.1 Å². The molecule has 0 bridgehead atoms. The van der Waals surface area contributed by atoms with Crippen LogP contribution in [-0.2, 0) is 4.74 Å². The molecule has 0 unspecified atom stereocenters. The Bertz CT molecular complexity index is 1090. The molecule has 3 aromatic rings. The Balaban J connectivity index is 1.71. The molecule has 0 radical (unpaired) electrons. The van der Waals surface area contributed by atoms with E-state index in [1.807, 2.05) is 39.0 Å². The average molecular weight is 433 g/mol. The molecule has 0 spiro atoms. The van der Waals surface area contributed by atoms with Crippen LogP contribution in [0.3, 0.4) is 0 Å². The summed E-state index contributed by atoms with van der Waals surface area (Å²) in [4.78, 5) is 25.7. The van der Waals surface area contributed by atoms with Gasteiger partial charge in [-0.2, -0.15) is 0 Å². The quantitative estimate of drug-likeness (QED) is 0.454. The molecule has 6 nitrogen and oxygen atoms in total. The fourth-order valence-electron chi connectivity index (χ4n) is 3.09. The Morgan fingerprint density at radius 1 is 0.812 bits per heavy atom. The van der Waals surface area contributed by atoms with E-state index in [4.69, 9.17) is 9.47 Å². The molecule has 0 aliphatic carbocycles. The van der Waals surface area contributed by atoms with Gasteiger partial charge in [-0.3, -0.25) is 9.59 Å². The number of nitrogens with one attached hydrogen (secondary N) is 2. The number of anilines is 2. The molecule has 6 heteroatoms. The predicted molar refractivity (Wildman–Crippen MR) is 127 cm³/mol. The highest BCUT2D eigenvalue weighted by Crippen LogP contribution is 2.21. The van der Waals surface area contributed by atoms with Crippen LogP contribution in [0.4, 0.5) is 11.4 Å². The Morgan fingerprint density at radius 3 is 2.41 bits per heavy atom. The summed E-state index contributed by atoms with van der Waals surface area (Å²) in [7, 11) is 0. The van der Waals surface area contributed by atoms with Gasteiger partial charge in [0.05, 0.1) is 17.9 Å². The standard InChI is InChI=1S/C26H28N2O4/c1-4-31-14-15-32-22-9-7-8-20(17-22)25(29)28-24-11-6-5-10-23(24)26(30)27-21-13-12-18(2)19(3)16-21/h5-13,16-17H,4,14-15H2,1-3H3,(H,27,30)(H,28,29). The topological polar surface area (TPSA) is 76.7 Å². The predicted octanol–water partition coefficient (Wildman–Crippen LogP) is 5.22. The Morgan fingerprint density at radius 2 is 1.62 bits per heavy atom. The van der Waals surface area contributed by atoms with E-state index in [2.05, 4.69) is 10.6 Å². The fraction of sp³-hybridized carbons (Fsp3) is 0.231. The fourth-order valence-corrected chi connectivity index (χ4v) is 3.09. The van der Waals surface area contributed by atoms with E-state index in [1.165, 1.54) is 0 Å². The molecule has 0 aliphatic heterocycles. The van der Waals surface area contributed by atoms with Crippen LogP contribution < -0.4 is 15.4 Å². The van der Waals surface area contributed by atoms with Crippen LogP contribution in [0.2, 0.25) is 0 Å². The van der Waals surface area contributed by atoms with Crippen LogP contribution in [0.1, 0.15) is 38.8 Å². The number of para-hydroxylation sites is 1. The molecule has 2 N–H and O–H groups in total. The first-order chi connectivity index (χ1) is 15.5. The van der Waals surface area contributed by atoms with Gasteiger partial charge in [-0.1, -0.05) is 24.3 Å². The summed E-state index contributed by atoms with van der Waals surface area (Å²) in [5.74, 6) is -0.0398. The zero-order valence-electron chi connectivity index (χ0n) is 18.6. The van der Waals surface area contributed by atoms with Crippen molar-refractivity contribution in [3.05, 3.63) is 89.0 Å². The number of carbonyl (C=O) groups excluding carboxylic acids is 2. The van der Waals surface area contributed by atoms with E-state index in [0.717, 1.165) is 11.1 Å². The van der Waals surface area contributed by atoms with Crippen LogP contribution in [-0.4, -0.2) is 31.6 Å². The van der Waals surface area contributed by atoms with Crippen molar-refractivity contribution >= 4 is 23.2 Å². The van der Waals surface area contributed by atoms with Crippen LogP contribution in [0.5, 0.6) is 5.75 Å². The second-order valence-corrected chi connectivity index (χ2v) is 7.33. The maximum atomic E-state index is 12.9. The Kier molecular flexibility index (Phi) is 8.00. The zero-order chi connectivity index (χ0) is 22.9. The van der Waals surface area contributed by atoms with E-state index in [9.17, 15) is 9.59 Å². The van der Waals surface area contributed by atoms with Crippen LogP contribution in [0.15, 0.2) is 66.7 Å². The molecular weight excluding hydrogens is 404 g/mol. The molecule has 3 rings (SSSR count). The summed E-state index contributed by atoms with van der Waals surface area (Å²) in [6.07, 6.45) is 0. The minimum atomic E-state index is -0.327. The van der Waals surface area contributed by atoms with Crippen molar-refractivity contribution < 1.29 is 19.1 Å². The normalized spacial score (nSPS) is 10.5. The summed E-state index contributed by atoms with van der Waals surface area (Å²) in [5, 5.41) is 5.74. The monoisotopic (exact) mass is 432 g/mol. The summed E-state index contributed by atoms with van der Waals surface area (Å²) in [6, 6.07) is 19.6. The van der Waals surface area contributed by atoms with Gasteiger partial charge in [0.1, 0.15) is 12.4 Å². The molecule has 0 saturated carbocycles. The van der Waals surface area contributed by atoms with Gasteiger partial charge in [-0.15, -0.1) is 0 Å². The highest BCUT2D eigenvalue weighted by Gasteiger charge is 2.15. The van der Waals surface area contributed by atoms with Crippen LogP contribution in [0.25, 0.3) is 0 Å². The van der Waals surface area contributed by atoms with Gasteiger partial charge in [0.25, 0.3) is 11.8 Å². The molecule has 0 aromatic heterocycles. The van der Waals surface area contributed by atoms with Gasteiger partial charge in [0.15, 0.2) is 0 Å². The number of hydrogen-bond donors (Lipinski definition) is 2. The number of aryl methyl sites for hydroxylation is 2. The largest absolute Gasteiger partial charge is 0.491 e.